The molecule has 1 aromatic carbocycles. The Balaban J connectivity index is 2.10. The number of hydrogen-bond donors (Lipinski definition) is 1. The van der Waals surface area contributed by atoms with E-state index in [-0.39, 0.29) is 0 Å². The van der Waals surface area contributed by atoms with Crippen LogP contribution in [0.2, 0.25) is 5.02 Å². The molecule has 3 unspecified atom stereocenters. The number of nitrogens with zero attached hydrogens (tertiary/aromatic N) is 1. The summed E-state index contributed by atoms with van der Waals surface area (Å²) >= 11 is 6.07. The van der Waals surface area contributed by atoms with E-state index in [2.05, 4.69) is 24.9 Å². The number of ether oxygens (including phenoxy) is 1. The monoisotopic (exact) mass is 282 g/mol. The minimum atomic E-state index is 0.299. The highest BCUT2D eigenvalue weighted by Gasteiger charge is 2.30. The zero-order chi connectivity index (χ0) is 13.8. The Kier molecular flexibility index (Phi) is 5.22. The highest BCUT2D eigenvalue weighted by Crippen LogP contribution is 2.28. The van der Waals surface area contributed by atoms with Crippen LogP contribution in [0.4, 0.5) is 0 Å². The van der Waals surface area contributed by atoms with Crippen molar-refractivity contribution in [3.05, 3.63) is 34.9 Å². The molecule has 4 heteroatoms. The van der Waals surface area contributed by atoms with Crippen molar-refractivity contribution in [1.82, 2.24) is 4.90 Å². The predicted molar refractivity (Wildman–Crippen MR) is 79.4 cm³/mol. The Labute approximate surface area is 120 Å². The average molecular weight is 283 g/mol. The van der Waals surface area contributed by atoms with E-state index in [1.807, 2.05) is 18.2 Å². The second kappa shape index (κ2) is 6.71. The van der Waals surface area contributed by atoms with Crippen molar-refractivity contribution in [1.29, 1.82) is 0 Å². The summed E-state index contributed by atoms with van der Waals surface area (Å²) in [5.41, 5.74) is 7.21. The van der Waals surface area contributed by atoms with Crippen LogP contribution in [0.15, 0.2) is 24.3 Å². The largest absolute Gasteiger partial charge is 0.381 e. The van der Waals surface area contributed by atoms with Gasteiger partial charge in [0.2, 0.25) is 0 Å². The van der Waals surface area contributed by atoms with Gasteiger partial charge < -0.3 is 10.5 Å². The van der Waals surface area contributed by atoms with Crippen LogP contribution < -0.4 is 5.73 Å². The number of rotatable bonds is 5. The molecule has 0 aromatic heterocycles. The van der Waals surface area contributed by atoms with Crippen LogP contribution in [-0.2, 0) is 4.74 Å². The zero-order valence-corrected chi connectivity index (χ0v) is 12.4. The fraction of sp³-hybridized carbons (Fsp3) is 0.600. The number of likely N-dealkylation sites (N-methyl/N-ethyl adjacent to an activating group) is 1. The first-order chi connectivity index (χ1) is 9.13. The fourth-order valence-electron chi connectivity index (χ4n) is 2.84. The second-order valence-electron chi connectivity index (χ2n) is 5.32. The molecular formula is C15H23ClN2O. The molecule has 1 saturated heterocycles. The molecule has 19 heavy (non-hydrogen) atoms. The molecule has 2 N–H and O–H groups in total. The molecule has 1 aromatic rings. The number of halogens is 1. The minimum Gasteiger partial charge on any atom is -0.381 e. The maximum atomic E-state index is 6.07. The van der Waals surface area contributed by atoms with Gasteiger partial charge in [-0.1, -0.05) is 23.7 Å². The molecule has 0 amide bonds. The van der Waals surface area contributed by atoms with Crippen molar-refractivity contribution in [3.8, 4) is 0 Å². The molecule has 3 nitrogen and oxygen atoms in total. The highest BCUT2D eigenvalue weighted by atomic mass is 35.5. The van der Waals surface area contributed by atoms with Crippen LogP contribution in [0.3, 0.4) is 0 Å². The Hall–Kier alpha value is -0.610. The van der Waals surface area contributed by atoms with Gasteiger partial charge in [-0.3, -0.25) is 4.90 Å². The Morgan fingerprint density at radius 2 is 2.32 bits per heavy atom. The van der Waals surface area contributed by atoms with E-state index in [0.717, 1.165) is 24.7 Å². The third kappa shape index (κ3) is 3.48. The summed E-state index contributed by atoms with van der Waals surface area (Å²) in [6.45, 7) is 4.55. The van der Waals surface area contributed by atoms with Gasteiger partial charge in [-0.2, -0.15) is 0 Å². The fourth-order valence-corrected chi connectivity index (χ4v) is 3.03. The first-order valence-electron chi connectivity index (χ1n) is 6.88. The molecule has 3 atom stereocenters. The normalized spacial score (nSPS) is 22.7. The lowest BCUT2D eigenvalue weighted by molar-refractivity contribution is 0.115. The second-order valence-corrected chi connectivity index (χ2v) is 5.76. The van der Waals surface area contributed by atoms with Gasteiger partial charge in [0, 0.05) is 36.2 Å². The molecule has 0 radical (unpaired) electrons. The number of benzene rings is 1. The standard InChI is InChI=1S/C15H23ClN2O/c1-11(12-4-3-5-14(16)8-12)18(2)15(9-17)13-6-7-19-10-13/h3-5,8,11,13,15H,6-7,9-10,17H2,1-2H3. The summed E-state index contributed by atoms with van der Waals surface area (Å²) in [6.07, 6.45) is 1.11. The maximum absolute atomic E-state index is 6.07. The quantitative estimate of drug-likeness (QED) is 0.902. The third-order valence-corrected chi connectivity index (χ3v) is 4.45. The van der Waals surface area contributed by atoms with Crippen molar-refractivity contribution in [2.75, 3.05) is 26.8 Å². The lowest BCUT2D eigenvalue weighted by Gasteiger charge is -2.36. The molecule has 1 heterocycles. The van der Waals surface area contributed by atoms with Gasteiger partial charge in [0.15, 0.2) is 0 Å². The summed E-state index contributed by atoms with van der Waals surface area (Å²) in [5, 5.41) is 0.784. The van der Waals surface area contributed by atoms with E-state index in [9.17, 15) is 0 Å². The van der Waals surface area contributed by atoms with E-state index < -0.39 is 0 Å². The van der Waals surface area contributed by atoms with Gasteiger partial charge in [0.25, 0.3) is 0 Å². The molecule has 0 saturated carbocycles. The van der Waals surface area contributed by atoms with Gasteiger partial charge in [-0.05, 0) is 38.1 Å². The molecule has 1 aliphatic heterocycles. The Morgan fingerprint density at radius 1 is 1.53 bits per heavy atom. The topological polar surface area (TPSA) is 38.5 Å². The molecular weight excluding hydrogens is 260 g/mol. The summed E-state index contributed by atoms with van der Waals surface area (Å²) in [7, 11) is 2.14. The van der Waals surface area contributed by atoms with Gasteiger partial charge >= 0.3 is 0 Å². The Morgan fingerprint density at radius 3 is 2.89 bits per heavy atom. The smallest absolute Gasteiger partial charge is 0.0510 e. The van der Waals surface area contributed by atoms with Crippen LogP contribution >= 0.6 is 11.6 Å². The van der Waals surface area contributed by atoms with E-state index in [1.165, 1.54) is 5.56 Å². The molecule has 106 valence electrons. The van der Waals surface area contributed by atoms with Crippen molar-refractivity contribution < 1.29 is 4.74 Å². The summed E-state index contributed by atoms with van der Waals surface area (Å²) in [4.78, 5) is 2.35. The van der Waals surface area contributed by atoms with Gasteiger partial charge in [0.05, 0.1) is 6.61 Å². The van der Waals surface area contributed by atoms with Crippen molar-refractivity contribution in [2.24, 2.45) is 11.7 Å². The van der Waals surface area contributed by atoms with Crippen molar-refractivity contribution in [2.45, 2.75) is 25.4 Å². The van der Waals surface area contributed by atoms with Crippen LogP contribution in [-0.4, -0.2) is 37.7 Å². The first-order valence-corrected chi connectivity index (χ1v) is 7.26. The summed E-state index contributed by atoms with van der Waals surface area (Å²) in [5.74, 6) is 0.539. The van der Waals surface area contributed by atoms with E-state index >= 15 is 0 Å². The van der Waals surface area contributed by atoms with Gasteiger partial charge in [0.1, 0.15) is 0 Å². The molecule has 0 spiro atoms. The highest BCUT2D eigenvalue weighted by molar-refractivity contribution is 6.30. The summed E-state index contributed by atoms with van der Waals surface area (Å²) in [6, 6.07) is 8.71. The van der Waals surface area contributed by atoms with Crippen LogP contribution in [0.1, 0.15) is 24.9 Å². The van der Waals surface area contributed by atoms with E-state index in [1.54, 1.807) is 0 Å². The van der Waals surface area contributed by atoms with Gasteiger partial charge in [-0.25, -0.2) is 0 Å². The van der Waals surface area contributed by atoms with Crippen LogP contribution in [0.25, 0.3) is 0 Å². The maximum Gasteiger partial charge on any atom is 0.0510 e. The lowest BCUT2D eigenvalue weighted by atomic mass is 9.95. The lowest BCUT2D eigenvalue weighted by Crippen LogP contribution is -2.44. The van der Waals surface area contributed by atoms with Crippen molar-refractivity contribution in [3.63, 3.8) is 0 Å². The minimum absolute atomic E-state index is 0.299. The Bertz CT molecular complexity index is 407. The SMILES string of the molecule is CC(c1cccc(Cl)c1)N(C)C(CN)C1CCOC1. The van der Waals surface area contributed by atoms with Gasteiger partial charge in [-0.15, -0.1) is 0 Å². The zero-order valence-electron chi connectivity index (χ0n) is 11.7. The molecule has 0 bridgehead atoms. The van der Waals surface area contributed by atoms with E-state index in [0.29, 0.717) is 24.5 Å². The molecule has 1 aliphatic rings. The molecule has 0 aliphatic carbocycles. The number of nitrogens with two attached hydrogens (primary N) is 1. The van der Waals surface area contributed by atoms with Crippen molar-refractivity contribution >= 4 is 11.6 Å². The van der Waals surface area contributed by atoms with Crippen LogP contribution in [0, 0.1) is 5.92 Å². The molecule has 2 rings (SSSR count). The average Bonchev–Trinajstić information content (AvgIpc) is 2.92. The third-order valence-electron chi connectivity index (χ3n) is 4.22. The van der Waals surface area contributed by atoms with Crippen LogP contribution in [0.5, 0.6) is 0 Å². The molecule has 1 fully saturated rings. The number of hydrogen-bond acceptors (Lipinski definition) is 3. The summed E-state index contributed by atoms with van der Waals surface area (Å²) < 4.78 is 5.49. The predicted octanol–water partition coefficient (Wildman–Crippen LogP) is 2.70. The first kappa shape index (κ1) is 14.8. The van der Waals surface area contributed by atoms with E-state index in [4.69, 9.17) is 22.1 Å².